The minimum Gasteiger partial charge on any atom is -0.343 e. The molecule has 4 rings (SSSR count). The second-order valence-electron chi connectivity index (χ2n) is 8.75. The fourth-order valence-electron chi connectivity index (χ4n) is 4.33. The average Bonchev–Trinajstić information content (AvgIpc) is 2.69. The van der Waals surface area contributed by atoms with E-state index in [-0.39, 0.29) is 34.6 Å². The van der Waals surface area contributed by atoms with Gasteiger partial charge in [-0.15, -0.1) is 6.58 Å². The number of fused-ring (bicyclic) bond motifs is 1. The molecule has 2 aliphatic rings. The lowest BCUT2D eigenvalue weighted by atomic mass is 9.69. The number of ketones is 1. The predicted molar refractivity (Wildman–Crippen MR) is 118 cm³/mol. The molecule has 0 unspecified atom stereocenters. The third-order valence-electron chi connectivity index (χ3n) is 5.59. The van der Waals surface area contributed by atoms with Crippen molar-refractivity contribution in [2.24, 2.45) is 5.41 Å². The maximum Gasteiger partial charge on any atom is 0.416 e. The standard InChI is InChI=1S/C23H22F3N3O2S/c1-4-8-32-21-28-19-18(20(31)29-21)16(12-6-5-7-13(9-12)23(24,25)26)17-14(27-19)10-22(2,3)11-15(17)30/h4-7,9,16H,1,8,10-11H2,2-3H3,(H2,27,28,29,31)/t16-/m1/s1. The summed E-state index contributed by atoms with van der Waals surface area (Å²) in [6, 6.07) is 4.81. The van der Waals surface area contributed by atoms with E-state index in [1.807, 2.05) is 13.8 Å². The lowest BCUT2D eigenvalue weighted by Gasteiger charge is -2.38. The Bertz CT molecular complexity index is 1200. The molecule has 0 bridgehead atoms. The zero-order valence-electron chi connectivity index (χ0n) is 17.6. The SMILES string of the molecule is C=CCSc1nc2c(c(=O)[nH]1)[C@H](c1cccc(C(F)(F)F)c1)C1=C(CC(C)(C)CC1=O)N2. The lowest BCUT2D eigenvalue weighted by molar-refractivity contribution is -0.137. The number of hydrogen-bond acceptors (Lipinski definition) is 5. The molecule has 2 aromatic rings. The second kappa shape index (κ2) is 7.95. The van der Waals surface area contributed by atoms with Gasteiger partial charge in [-0.05, 0) is 23.5 Å². The first-order valence-corrected chi connectivity index (χ1v) is 11.1. The van der Waals surface area contributed by atoms with Crippen molar-refractivity contribution < 1.29 is 18.0 Å². The summed E-state index contributed by atoms with van der Waals surface area (Å²) in [5.74, 6) is -0.312. The van der Waals surface area contributed by atoms with Crippen LogP contribution >= 0.6 is 11.8 Å². The highest BCUT2D eigenvalue weighted by molar-refractivity contribution is 7.99. The Kier molecular flexibility index (Phi) is 5.56. The largest absolute Gasteiger partial charge is 0.416 e. The van der Waals surface area contributed by atoms with E-state index in [9.17, 15) is 22.8 Å². The van der Waals surface area contributed by atoms with Crippen LogP contribution in [0.4, 0.5) is 19.0 Å². The van der Waals surface area contributed by atoms with Crippen LogP contribution in [0.3, 0.4) is 0 Å². The summed E-state index contributed by atoms with van der Waals surface area (Å²) >= 11 is 1.28. The van der Waals surface area contributed by atoms with E-state index in [4.69, 9.17) is 0 Å². The van der Waals surface area contributed by atoms with Crippen molar-refractivity contribution in [3.8, 4) is 0 Å². The maximum atomic E-state index is 13.4. The minimum atomic E-state index is -4.54. The Morgan fingerprint density at radius 2 is 2.03 bits per heavy atom. The van der Waals surface area contributed by atoms with Crippen LogP contribution in [0.25, 0.3) is 0 Å². The maximum absolute atomic E-state index is 13.4. The smallest absolute Gasteiger partial charge is 0.343 e. The van der Waals surface area contributed by atoms with Crippen LogP contribution in [-0.2, 0) is 11.0 Å². The molecule has 1 aromatic carbocycles. The number of benzene rings is 1. The zero-order valence-corrected chi connectivity index (χ0v) is 18.4. The molecule has 0 saturated heterocycles. The average molecular weight is 462 g/mol. The van der Waals surface area contributed by atoms with Gasteiger partial charge in [0.25, 0.3) is 5.56 Å². The highest BCUT2D eigenvalue weighted by atomic mass is 32.2. The third kappa shape index (κ3) is 4.13. The number of alkyl halides is 3. The molecule has 0 spiro atoms. The molecule has 0 amide bonds. The Labute approximate surface area is 187 Å². The molecule has 9 heteroatoms. The number of Topliss-reactive ketones (excluding diaryl/α,β-unsaturated/α-hetero) is 1. The van der Waals surface area contributed by atoms with Crippen molar-refractivity contribution in [1.29, 1.82) is 0 Å². The molecule has 1 aliphatic heterocycles. The van der Waals surface area contributed by atoms with Gasteiger partial charge < -0.3 is 10.3 Å². The number of H-pyrrole nitrogens is 1. The van der Waals surface area contributed by atoms with E-state index in [2.05, 4.69) is 21.9 Å². The summed E-state index contributed by atoms with van der Waals surface area (Å²) in [5, 5.41) is 3.52. The highest BCUT2D eigenvalue weighted by Gasteiger charge is 2.43. The molecule has 168 valence electrons. The number of rotatable bonds is 4. The number of halogens is 3. The van der Waals surface area contributed by atoms with Gasteiger partial charge >= 0.3 is 6.18 Å². The summed E-state index contributed by atoms with van der Waals surface area (Å²) in [5.41, 5.74) is -0.292. The molecule has 0 radical (unpaired) electrons. The fraction of sp³-hybridized carbons (Fsp3) is 0.348. The van der Waals surface area contributed by atoms with E-state index >= 15 is 0 Å². The Morgan fingerprint density at radius 3 is 2.72 bits per heavy atom. The predicted octanol–water partition coefficient (Wildman–Crippen LogP) is 5.27. The lowest BCUT2D eigenvalue weighted by Crippen LogP contribution is -2.37. The molecule has 32 heavy (non-hydrogen) atoms. The van der Waals surface area contributed by atoms with Crippen molar-refractivity contribution in [2.75, 3.05) is 11.1 Å². The number of hydrogen-bond donors (Lipinski definition) is 2. The first-order valence-electron chi connectivity index (χ1n) is 10.1. The second-order valence-corrected chi connectivity index (χ2v) is 9.76. The monoisotopic (exact) mass is 461 g/mol. The normalized spacial score (nSPS) is 19.8. The Morgan fingerprint density at radius 1 is 1.28 bits per heavy atom. The van der Waals surface area contributed by atoms with Gasteiger partial charge in [-0.3, -0.25) is 9.59 Å². The molecular weight excluding hydrogens is 439 g/mol. The van der Waals surface area contributed by atoms with Crippen molar-refractivity contribution in [3.05, 3.63) is 75.2 Å². The number of carbonyl (C=O) groups is 1. The van der Waals surface area contributed by atoms with Gasteiger partial charge in [0, 0.05) is 29.4 Å². The van der Waals surface area contributed by atoms with Crippen molar-refractivity contribution in [3.63, 3.8) is 0 Å². The van der Waals surface area contributed by atoms with Gasteiger partial charge in [-0.25, -0.2) is 4.98 Å². The number of anilines is 1. The van der Waals surface area contributed by atoms with Gasteiger partial charge in [-0.1, -0.05) is 49.9 Å². The van der Waals surface area contributed by atoms with Crippen LogP contribution < -0.4 is 10.9 Å². The molecular formula is C23H22F3N3O2S. The van der Waals surface area contributed by atoms with Crippen molar-refractivity contribution >= 4 is 23.4 Å². The van der Waals surface area contributed by atoms with Crippen LogP contribution in [0.5, 0.6) is 0 Å². The van der Waals surface area contributed by atoms with Gasteiger partial charge in [-0.2, -0.15) is 13.2 Å². The number of aromatic amines is 1. The van der Waals surface area contributed by atoms with E-state index in [1.54, 1.807) is 6.08 Å². The molecule has 0 fully saturated rings. The molecule has 1 aromatic heterocycles. The first kappa shape index (κ1) is 22.4. The van der Waals surface area contributed by atoms with Crippen LogP contribution in [-0.4, -0.2) is 21.5 Å². The summed E-state index contributed by atoms with van der Waals surface area (Å²) in [6.07, 6.45) is -2.10. The zero-order chi connectivity index (χ0) is 23.3. The molecule has 2 N–H and O–H groups in total. The molecule has 2 heterocycles. The summed E-state index contributed by atoms with van der Waals surface area (Å²) in [7, 11) is 0. The minimum absolute atomic E-state index is 0.152. The topological polar surface area (TPSA) is 74.8 Å². The summed E-state index contributed by atoms with van der Waals surface area (Å²) in [6.45, 7) is 7.57. The van der Waals surface area contributed by atoms with E-state index < -0.39 is 23.2 Å². The fourth-order valence-corrected chi connectivity index (χ4v) is 4.92. The Hall–Kier alpha value is -2.81. The van der Waals surface area contributed by atoms with Gasteiger partial charge in [0.05, 0.1) is 11.1 Å². The summed E-state index contributed by atoms with van der Waals surface area (Å²) in [4.78, 5) is 33.5. The van der Waals surface area contributed by atoms with Crippen LogP contribution in [0, 0.1) is 5.41 Å². The van der Waals surface area contributed by atoms with Crippen molar-refractivity contribution in [1.82, 2.24) is 9.97 Å². The van der Waals surface area contributed by atoms with Crippen molar-refractivity contribution in [2.45, 2.75) is 43.9 Å². The van der Waals surface area contributed by atoms with Gasteiger partial charge in [0.1, 0.15) is 5.82 Å². The van der Waals surface area contributed by atoms with Crippen LogP contribution in [0.15, 0.2) is 58.1 Å². The molecule has 0 saturated carbocycles. The number of thioether (sulfide) groups is 1. The number of nitrogens with one attached hydrogen (secondary N) is 2. The number of aromatic nitrogens is 2. The van der Waals surface area contributed by atoms with Crippen LogP contribution in [0.2, 0.25) is 0 Å². The quantitative estimate of drug-likeness (QED) is 0.369. The highest BCUT2D eigenvalue weighted by Crippen LogP contribution is 2.48. The van der Waals surface area contributed by atoms with E-state index in [0.29, 0.717) is 28.6 Å². The number of carbonyl (C=O) groups excluding carboxylic acids is 1. The van der Waals surface area contributed by atoms with Crippen LogP contribution in [0.1, 0.15) is 49.3 Å². The first-order chi connectivity index (χ1) is 15.0. The van der Waals surface area contributed by atoms with Gasteiger partial charge in [0.2, 0.25) is 0 Å². The number of nitrogens with zero attached hydrogens (tertiary/aromatic N) is 1. The molecule has 1 aliphatic carbocycles. The number of allylic oxidation sites excluding steroid dienone is 2. The van der Waals surface area contributed by atoms with Gasteiger partial charge in [0.15, 0.2) is 10.9 Å². The van der Waals surface area contributed by atoms with E-state index in [1.165, 1.54) is 23.9 Å². The third-order valence-corrected chi connectivity index (χ3v) is 6.45. The Balaban J connectivity index is 1.94. The van der Waals surface area contributed by atoms with E-state index in [0.717, 1.165) is 12.1 Å². The summed E-state index contributed by atoms with van der Waals surface area (Å²) < 4.78 is 40.2. The molecule has 1 atom stereocenters. The molecule has 5 nitrogen and oxygen atoms in total.